The van der Waals surface area contributed by atoms with Crippen molar-refractivity contribution < 1.29 is 4.74 Å². The van der Waals surface area contributed by atoms with Gasteiger partial charge in [0.25, 0.3) is 0 Å². The molecule has 1 aliphatic heterocycles. The minimum atomic E-state index is 0.245. The lowest BCUT2D eigenvalue weighted by Crippen LogP contribution is -2.32. The standard InChI is InChI=1S/C14H19NO/c1-9-8-11-12(4-3-5-13(11)16-9)14(6-7-14)10(2)15/h3-5,9-10H,6-8,15H2,1-2H3. The van der Waals surface area contributed by atoms with E-state index in [4.69, 9.17) is 10.5 Å². The number of rotatable bonds is 2. The topological polar surface area (TPSA) is 35.2 Å². The first kappa shape index (κ1) is 10.2. The fourth-order valence-corrected chi connectivity index (χ4v) is 3.00. The smallest absolute Gasteiger partial charge is 0.123 e. The number of benzene rings is 1. The monoisotopic (exact) mass is 217 g/mol. The van der Waals surface area contributed by atoms with E-state index in [2.05, 4.69) is 32.0 Å². The highest BCUT2D eigenvalue weighted by Gasteiger charge is 2.49. The zero-order valence-electron chi connectivity index (χ0n) is 9.99. The van der Waals surface area contributed by atoms with E-state index in [9.17, 15) is 0 Å². The van der Waals surface area contributed by atoms with E-state index in [-0.39, 0.29) is 11.5 Å². The van der Waals surface area contributed by atoms with Crippen molar-refractivity contribution in [1.82, 2.24) is 0 Å². The summed E-state index contributed by atoms with van der Waals surface area (Å²) in [6.45, 7) is 4.26. The van der Waals surface area contributed by atoms with Crippen LogP contribution in [0, 0.1) is 0 Å². The Kier molecular flexibility index (Phi) is 2.05. The molecular weight excluding hydrogens is 198 g/mol. The van der Waals surface area contributed by atoms with Crippen molar-refractivity contribution in [2.45, 2.75) is 50.7 Å². The van der Waals surface area contributed by atoms with Gasteiger partial charge in [-0.05, 0) is 38.3 Å². The largest absolute Gasteiger partial charge is 0.490 e. The van der Waals surface area contributed by atoms with Gasteiger partial charge in [0.05, 0.1) is 0 Å². The fourth-order valence-electron chi connectivity index (χ4n) is 3.00. The lowest BCUT2D eigenvalue weighted by atomic mass is 9.85. The summed E-state index contributed by atoms with van der Waals surface area (Å²) in [5.74, 6) is 1.08. The van der Waals surface area contributed by atoms with Crippen LogP contribution in [0.25, 0.3) is 0 Å². The minimum Gasteiger partial charge on any atom is -0.490 e. The zero-order chi connectivity index (χ0) is 11.3. The maximum Gasteiger partial charge on any atom is 0.123 e. The van der Waals surface area contributed by atoms with Crippen LogP contribution in [0.5, 0.6) is 5.75 Å². The Morgan fingerprint density at radius 1 is 1.44 bits per heavy atom. The van der Waals surface area contributed by atoms with Gasteiger partial charge in [-0.1, -0.05) is 12.1 Å². The molecule has 16 heavy (non-hydrogen) atoms. The average molecular weight is 217 g/mol. The summed E-state index contributed by atoms with van der Waals surface area (Å²) in [6, 6.07) is 6.68. The first-order chi connectivity index (χ1) is 7.63. The van der Waals surface area contributed by atoms with Crippen LogP contribution in [0.2, 0.25) is 0 Å². The number of ether oxygens (including phenoxy) is 1. The van der Waals surface area contributed by atoms with Crippen molar-refractivity contribution in [3.8, 4) is 5.75 Å². The average Bonchev–Trinajstić information content (AvgIpc) is 2.94. The van der Waals surface area contributed by atoms with Gasteiger partial charge >= 0.3 is 0 Å². The molecule has 0 radical (unpaired) electrons. The third-order valence-corrected chi connectivity index (χ3v) is 4.15. The molecule has 2 N–H and O–H groups in total. The van der Waals surface area contributed by atoms with Crippen LogP contribution in [-0.4, -0.2) is 12.1 Å². The highest BCUT2D eigenvalue weighted by molar-refractivity contribution is 5.50. The van der Waals surface area contributed by atoms with Crippen LogP contribution in [0.3, 0.4) is 0 Å². The lowest BCUT2D eigenvalue weighted by Gasteiger charge is -2.22. The quantitative estimate of drug-likeness (QED) is 0.825. The predicted molar refractivity (Wildman–Crippen MR) is 64.8 cm³/mol. The fraction of sp³-hybridized carbons (Fsp3) is 0.571. The molecule has 3 rings (SSSR count). The molecule has 2 aliphatic rings. The van der Waals surface area contributed by atoms with Crippen molar-refractivity contribution in [2.24, 2.45) is 5.73 Å². The zero-order valence-corrected chi connectivity index (χ0v) is 9.99. The summed E-state index contributed by atoms with van der Waals surface area (Å²) >= 11 is 0. The normalized spacial score (nSPS) is 27.1. The number of hydrogen-bond donors (Lipinski definition) is 1. The van der Waals surface area contributed by atoms with Crippen molar-refractivity contribution >= 4 is 0 Å². The second-order valence-corrected chi connectivity index (χ2v) is 5.36. The van der Waals surface area contributed by atoms with Gasteiger partial charge in [-0.15, -0.1) is 0 Å². The summed E-state index contributed by atoms with van der Waals surface area (Å²) in [7, 11) is 0. The van der Waals surface area contributed by atoms with Gasteiger partial charge in [-0.3, -0.25) is 0 Å². The molecule has 0 spiro atoms. The van der Waals surface area contributed by atoms with E-state index in [1.807, 2.05) is 0 Å². The summed E-state index contributed by atoms with van der Waals surface area (Å²) in [5, 5.41) is 0. The third kappa shape index (κ3) is 1.29. The van der Waals surface area contributed by atoms with Gasteiger partial charge in [0.1, 0.15) is 11.9 Å². The first-order valence-electron chi connectivity index (χ1n) is 6.18. The van der Waals surface area contributed by atoms with E-state index < -0.39 is 0 Å². The molecule has 2 nitrogen and oxygen atoms in total. The molecule has 0 amide bonds. The van der Waals surface area contributed by atoms with E-state index in [1.54, 1.807) is 0 Å². The van der Waals surface area contributed by atoms with Gasteiger partial charge in [-0.2, -0.15) is 0 Å². The molecule has 0 saturated heterocycles. The molecule has 0 bridgehead atoms. The molecule has 1 aliphatic carbocycles. The van der Waals surface area contributed by atoms with Crippen LogP contribution < -0.4 is 10.5 Å². The van der Waals surface area contributed by atoms with Crippen LogP contribution in [0.4, 0.5) is 0 Å². The predicted octanol–water partition coefficient (Wildman–Crippen LogP) is 2.39. The van der Waals surface area contributed by atoms with Crippen molar-refractivity contribution in [2.75, 3.05) is 0 Å². The maximum atomic E-state index is 6.15. The summed E-state index contributed by atoms with van der Waals surface area (Å²) in [6.07, 6.45) is 3.82. The minimum absolute atomic E-state index is 0.245. The van der Waals surface area contributed by atoms with E-state index in [1.165, 1.54) is 24.0 Å². The van der Waals surface area contributed by atoms with Crippen LogP contribution in [-0.2, 0) is 11.8 Å². The Morgan fingerprint density at radius 2 is 2.19 bits per heavy atom. The van der Waals surface area contributed by atoms with Gasteiger partial charge in [0, 0.05) is 23.4 Å². The Hall–Kier alpha value is -1.02. The molecule has 2 unspecified atom stereocenters. The molecule has 86 valence electrons. The Labute approximate surface area is 96.8 Å². The molecule has 1 saturated carbocycles. The second kappa shape index (κ2) is 3.24. The van der Waals surface area contributed by atoms with Crippen LogP contribution in [0.1, 0.15) is 37.8 Å². The Morgan fingerprint density at radius 3 is 2.81 bits per heavy atom. The molecule has 2 atom stereocenters. The summed E-state index contributed by atoms with van der Waals surface area (Å²) in [5.41, 5.74) is 9.26. The molecule has 2 heteroatoms. The Balaban J connectivity index is 2.07. The second-order valence-electron chi connectivity index (χ2n) is 5.36. The first-order valence-corrected chi connectivity index (χ1v) is 6.18. The molecule has 1 aromatic carbocycles. The van der Waals surface area contributed by atoms with Crippen molar-refractivity contribution in [1.29, 1.82) is 0 Å². The summed E-state index contributed by atoms with van der Waals surface area (Å²) in [4.78, 5) is 0. The van der Waals surface area contributed by atoms with Gasteiger partial charge in [-0.25, -0.2) is 0 Å². The molecule has 0 aromatic heterocycles. The van der Waals surface area contributed by atoms with Gasteiger partial charge < -0.3 is 10.5 Å². The van der Waals surface area contributed by atoms with Crippen LogP contribution in [0.15, 0.2) is 18.2 Å². The number of hydrogen-bond acceptors (Lipinski definition) is 2. The van der Waals surface area contributed by atoms with E-state index >= 15 is 0 Å². The van der Waals surface area contributed by atoms with Gasteiger partial charge in [0.15, 0.2) is 0 Å². The lowest BCUT2D eigenvalue weighted by molar-refractivity contribution is 0.254. The van der Waals surface area contributed by atoms with Crippen molar-refractivity contribution in [3.63, 3.8) is 0 Å². The Bertz CT molecular complexity index is 421. The maximum absolute atomic E-state index is 6.15. The molecule has 1 fully saturated rings. The highest BCUT2D eigenvalue weighted by Crippen LogP contribution is 2.53. The number of fused-ring (bicyclic) bond motifs is 1. The van der Waals surface area contributed by atoms with Crippen molar-refractivity contribution in [3.05, 3.63) is 29.3 Å². The molecular formula is C14H19NO. The SMILES string of the molecule is CC1Cc2c(cccc2C2(C(C)N)CC2)O1. The highest BCUT2D eigenvalue weighted by atomic mass is 16.5. The van der Waals surface area contributed by atoms with Crippen LogP contribution >= 0.6 is 0 Å². The van der Waals surface area contributed by atoms with Gasteiger partial charge in [0.2, 0.25) is 0 Å². The third-order valence-electron chi connectivity index (χ3n) is 4.15. The number of nitrogens with two attached hydrogens (primary N) is 1. The van der Waals surface area contributed by atoms with E-state index in [0.717, 1.165) is 12.2 Å². The summed E-state index contributed by atoms with van der Waals surface area (Å²) < 4.78 is 5.81. The molecule has 1 aromatic rings. The van der Waals surface area contributed by atoms with E-state index in [0.29, 0.717) is 6.10 Å². The molecule has 1 heterocycles.